The second-order valence-corrected chi connectivity index (χ2v) is 24.3. The van der Waals surface area contributed by atoms with Gasteiger partial charge in [0, 0.05) is 66.8 Å². The summed E-state index contributed by atoms with van der Waals surface area (Å²) in [5.41, 5.74) is 0.540. The van der Waals surface area contributed by atoms with Gasteiger partial charge in [0.1, 0.15) is 42.7 Å². The highest BCUT2D eigenvalue weighted by Crippen LogP contribution is 2.31. The molecule has 22 nitrogen and oxygen atoms in total. The van der Waals surface area contributed by atoms with Gasteiger partial charge < -0.3 is 101 Å². The monoisotopic (exact) mass is 1200 g/mol. The van der Waals surface area contributed by atoms with Crippen LogP contribution < -0.4 is 0 Å². The lowest BCUT2D eigenvalue weighted by Gasteiger charge is -2.41. The van der Waals surface area contributed by atoms with E-state index in [0.29, 0.717) is 37.7 Å². The van der Waals surface area contributed by atoms with Crippen molar-refractivity contribution in [3.63, 3.8) is 0 Å². The SMILES string of the molecule is C/C1=[13CH]\CCC(C)C(O)C(C)[13CH](O)C[13CH2]/C=C/C(C)[13CH](O)/C=C/C(C)C(O)/C(C)=[13CH]/C(O[C@H]2O[C@H](CO)[C@@H](O)[C@H](O)[C@@H]2O)[13CH](O)C[13CH](O)C[13CH](O)CC(O)C(C)C(O)C(C)[13CH](O)C[13CH](O)C[13CH](O)/C=[13CH]/CC(C(C)C2CCC(=O)O2)OC1=O. The van der Waals surface area contributed by atoms with Crippen LogP contribution in [0, 0.1) is 41.4 Å². The zero-order valence-corrected chi connectivity index (χ0v) is 50.0. The summed E-state index contributed by atoms with van der Waals surface area (Å²) in [4.78, 5) is 25.5. The molecule has 2 saturated heterocycles. The molecule has 0 radical (unpaired) electrons. The molecule has 22 heteroatoms. The number of aliphatic hydroxyl groups is 16. The highest BCUT2D eigenvalue weighted by atomic mass is 16.7. The standard InChI is InChI=1S/C61H104O22/c1-31-14-10-11-18-45(68)36(6)55(74)32(2)15-12-16-34(4)60(79)81-49(39(9)50-22-23-53(72)80-50)19-13-17-40(63)25-41(64)27-46(69)37(7)56(75)38(8)47(70)28-42(65)26-43(66)29-48(71)51(24-35(5)54(73)33(3)20-21-44(31)67)82-61-59(78)58(77)57(76)52(30-62)83-61/h10,13-14,16-17,20-21,24,31-33,36-52,54-59,61-71,73-78H,11-12,15,18-19,22-23,25-30H2,1-9H3/b14-10+,17-13+,21-20+,34-16+,35-24+/t31?,32?,33?,36?,37?,38?,39?,40?,41?,42?,43?,44?,45?,46?,47?,48?,49?,50?,51?,52-,54?,55?,56?,57-,58+,59+,61+/m1/s1/i11+1,13+1,16+1,24+1,40+1,41+1,42+1,43+1,44+1,45+1,46+1,48+1. The van der Waals surface area contributed by atoms with E-state index in [0.717, 1.165) is 0 Å². The van der Waals surface area contributed by atoms with Gasteiger partial charge in [0.25, 0.3) is 0 Å². The van der Waals surface area contributed by atoms with Crippen LogP contribution in [-0.2, 0) is 28.5 Å². The van der Waals surface area contributed by atoms with E-state index in [1.807, 2.05) is 13.0 Å². The van der Waals surface area contributed by atoms with Gasteiger partial charge >= 0.3 is 11.9 Å². The maximum absolute atomic E-state index is 13.5. The second-order valence-electron chi connectivity index (χ2n) is 24.3. The molecule has 0 aromatic rings. The first-order chi connectivity index (χ1) is 38.9. The minimum atomic E-state index is -1.88. The summed E-state index contributed by atoms with van der Waals surface area (Å²) >= 11 is 0. The summed E-state index contributed by atoms with van der Waals surface area (Å²) < 4.78 is 22.9. The second kappa shape index (κ2) is 36.3. The molecule has 0 bridgehead atoms. The Morgan fingerprint density at radius 2 is 1.17 bits per heavy atom. The highest BCUT2D eigenvalue weighted by Gasteiger charge is 2.46. The van der Waals surface area contributed by atoms with Crippen LogP contribution in [0.4, 0.5) is 0 Å². The lowest BCUT2D eigenvalue weighted by atomic mass is 9.90. The molecule has 3 rings (SSSR count). The van der Waals surface area contributed by atoms with Crippen molar-refractivity contribution in [2.45, 2.75) is 262 Å². The molecule has 2 fully saturated rings. The number of rotatable bonds is 5. The average molecular weight is 1200 g/mol. The Hall–Kier alpha value is -3.08. The lowest BCUT2D eigenvalue weighted by Crippen LogP contribution is -2.60. The fourth-order valence-electron chi connectivity index (χ4n) is 10.9. The van der Waals surface area contributed by atoms with Gasteiger partial charge in [-0.05, 0) is 76.7 Å². The Bertz CT molecular complexity index is 2050. The summed E-state index contributed by atoms with van der Waals surface area (Å²) in [5, 5.41) is 175. The van der Waals surface area contributed by atoms with Crippen molar-refractivity contribution >= 4 is 11.9 Å². The topological polar surface area (TPSA) is 395 Å². The fourth-order valence-corrected chi connectivity index (χ4v) is 10.9. The molecule has 0 amide bonds. The van der Waals surface area contributed by atoms with Crippen molar-refractivity contribution in [2.24, 2.45) is 41.4 Å². The molecule has 0 spiro atoms. The van der Waals surface area contributed by atoms with Gasteiger partial charge in [-0.15, -0.1) is 0 Å². The van der Waals surface area contributed by atoms with Crippen molar-refractivity contribution in [3.8, 4) is 0 Å². The number of carbonyl (C=O) groups excluding carboxylic acids is 2. The smallest absolute Gasteiger partial charge is 0.333 e. The molecular formula is C61H104O22. The molecular weight excluding hydrogens is 1100 g/mol. The number of aliphatic hydroxyl groups excluding tert-OH is 16. The Labute approximate surface area is 490 Å². The van der Waals surface area contributed by atoms with E-state index in [1.54, 1.807) is 58.9 Å². The molecule has 0 aliphatic carbocycles. The van der Waals surface area contributed by atoms with Crippen molar-refractivity contribution in [1.82, 2.24) is 0 Å². The van der Waals surface area contributed by atoms with Gasteiger partial charge in [-0.25, -0.2) is 4.79 Å². The Morgan fingerprint density at radius 3 is 1.76 bits per heavy atom. The van der Waals surface area contributed by atoms with E-state index in [2.05, 4.69) is 0 Å². The molecule has 0 aromatic carbocycles. The molecule has 22 unspecified atom stereocenters. The highest BCUT2D eigenvalue weighted by molar-refractivity contribution is 5.87. The fraction of sp³-hybridized carbons (Fsp3) is 0.803. The minimum Gasteiger partial charge on any atom is -0.462 e. The van der Waals surface area contributed by atoms with Crippen LogP contribution in [0.1, 0.15) is 139 Å². The molecule has 16 N–H and O–H groups in total. The first kappa shape index (κ1) is 74.2. The maximum Gasteiger partial charge on any atom is 0.333 e. The van der Waals surface area contributed by atoms with Crippen molar-refractivity contribution in [3.05, 3.63) is 59.8 Å². The predicted octanol–water partition coefficient (Wildman–Crippen LogP) is 1.05. The summed E-state index contributed by atoms with van der Waals surface area (Å²) in [5.74, 6) is -5.08. The summed E-state index contributed by atoms with van der Waals surface area (Å²) in [6, 6.07) is 0. The number of hydrogen-bond acceptors (Lipinski definition) is 22. The van der Waals surface area contributed by atoms with Crippen molar-refractivity contribution < 1.29 is 110 Å². The van der Waals surface area contributed by atoms with Crippen LogP contribution in [0.25, 0.3) is 0 Å². The van der Waals surface area contributed by atoms with Gasteiger partial charge in [0.2, 0.25) is 0 Å². The van der Waals surface area contributed by atoms with Crippen LogP contribution in [0.2, 0.25) is 0 Å². The van der Waals surface area contributed by atoms with Crippen LogP contribution in [0.3, 0.4) is 0 Å². The number of esters is 2. The molecule has 27 atom stereocenters. The Balaban J connectivity index is 1.88. The first-order valence-corrected chi connectivity index (χ1v) is 29.8. The zero-order chi connectivity index (χ0) is 62.6. The molecule has 3 heterocycles. The molecule has 3 aliphatic rings. The number of cyclic esters (lactones) is 2. The van der Waals surface area contributed by atoms with E-state index < -0.39 is 183 Å². The molecule has 83 heavy (non-hydrogen) atoms. The van der Waals surface area contributed by atoms with E-state index in [1.165, 1.54) is 39.0 Å². The van der Waals surface area contributed by atoms with E-state index >= 15 is 0 Å². The van der Waals surface area contributed by atoms with Gasteiger partial charge in [-0.1, -0.05) is 97.1 Å². The van der Waals surface area contributed by atoms with Gasteiger partial charge in [-0.3, -0.25) is 4.79 Å². The van der Waals surface area contributed by atoms with E-state index in [9.17, 15) is 91.3 Å². The molecule has 3 aliphatic heterocycles. The van der Waals surface area contributed by atoms with Crippen LogP contribution in [-0.4, -0.2) is 223 Å². The van der Waals surface area contributed by atoms with E-state index in [-0.39, 0.29) is 49.6 Å². The minimum absolute atomic E-state index is 0.118. The molecule has 0 saturated carbocycles. The number of hydrogen-bond donors (Lipinski definition) is 16. The van der Waals surface area contributed by atoms with Crippen LogP contribution in [0.15, 0.2) is 59.8 Å². The lowest BCUT2D eigenvalue weighted by molar-refractivity contribution is -0.313. The number of allylic oxidation sites excluding steroid dienone is 2. The Kier molecular flexibility index (Phi) is 32.4. The van der Waals surface area contributed by atoms with Gasteiger partial charge in [0.05, 0.1) is 79.9 Å². The van der Waals surface area contributed by atoms with Crippen LogP contribution >= 0.6 is 0 Å². The third-order valence-corrected chi connectivity index (χ3v) is 17.2. The third kappa shape index (κ3) is 23.9. The van der Waals surface area contributed by atoms with Crippen molar-refractivity contribution in [1.29, 1.82) is 0 Å². The summed E-state index contributed by atoms with van der Waals surface area (Å²) in [7, 11) is 0. The number of ether oxygens (including phenoxy) is 4. The average Bonchev–Trinajstić information content (AvgIpc) is 4.00. The largest absolute Gasteiger partial charge is 0.462 e. The third-order valence-electron chi connectivity index (χ3n) is 17.2. The van der Waals surface area contributed by atoms with E-state index in [4.69, 9.17) is 18.9 Å². The Morgan fingerprint density at radius 1 is 0.578 bits per heavy atom. The van der Waals surface area contributed by atoms with Crippen LogP contribution in [0.5, 0.6) is 0 Å². The quantitative estimate of drug-likeness (QED) is 0.104. The molecule has 0 aromatic heterocycles. The first-order valence-electron chi connectivity index (χ1n) is 29.8. The van der Waals surface area contributed by atoms with Gasteiger partial charge in [0.15, 0.2) is 6.29 Å². The normalized spacial score (nSPS) is 45.6. The molecule has 480 valence electrons. The number of carbonyl (C=O) groups is 2. The summed E-state index contributed by atoms with van der Waals surface area (Å²) in [6.45, 7) is 14.2. The zero-order valence-electron chi connectivity index (χ0n) is 50.0. The van der Waals surface area contributed by atoms with Gasteiger partial charge in [-0.2, -0.15) is 0 Å². The van der Waals surface area contributed by atoms with Crippen molar-refractivity contribution in [2.75, 3.05) is 6.61 Å². The maximum atomic E-state index is 13.5. The summed E-state index contributed by atoms with van der Waals surface area (Å²) in [6.07, 6.45) is -13.0. The predicted molar refractivity (Wildman–Crippen MR) is 305 cm³/mol.